The van der Waals surface area contributed by atoms with Gasteiger partial charge in [-0.15, -0.1) is 0 Å². The van der Waals surface area contributed by atoms with Crippen LogP contribution < -0.4 is 10.1 Å². The third-order valence-electron chi connectivity index (χ3n) is 2.97. The van der Waals surface area contributed by atoms with E-state index in [1.54, 1.807) is 31.5 Å². The molecule has 1 amide bonds. The zero-order valence-corrected chi connectivity index (χ0v) is 14.8. The zero-order chi connectivity index (χ0) is 17.5. The third-order valence-corrected chi connectivity index (χ3v) is 3.48. The van der Waals surface area contributed by atoms with E-state index in [0.29, 0.717) is 28.3 Å². The summed E-state index contributed by atoms with van der Waals surface area (Å²) in [6, 6.07) is 4.95. The van der Waals surface area contributed by atoms with Crippen LogP contribution >= 0.6 is 23.2 Å². The monoisotopic (exact) mass is 369 g/mol. The number of rotatable bonds is 7. The molecule has 0 radical (unpaired) electrons. The number of amides is 1. The summed E-state index contributed by atoms with van der Waals surface area (Å²) < 4.78 is 10.7. The van der Waals surface area contributed by atoms with Crippen molar-refractivity contribution in [3.63, 3.8) is 0 Å². The van der Waals surface area contributed by atoms with Gasteiger partial charge >= 0.3 is 0 Å². The van der Waals surface area contributed by atoms with Crippen LogP contribution in [0.5, 0.6) is 5.75 Å². The first-order valence-corrected chi connectivity index (χ1v) is 7.95. The van der Waals surface area contributed by atoms with Crippen molar-refractivity contribution >= 4 is 34.9 Å². The molecule has 6 nitrogen and oxygen atoms in total. The Morgan fingerprint density at radius 1 is 1.29 bits per heavy atom. The van der Waals surface area contributed by atoms with Gasteiger partial charge in [0, 0.05) is 19.4 Å². The van der Waals surface area contributed by atoms with Crippen molar-refractivity contribution in [2.24, 2.45) is 0 Å². The Bertz CT molecular complexity index is 695. The molecule has 1 atom stereocenters. The number of methoxy groups -OCH3 is 1. The number of carbonyl (C=O) groups is 1. The summed E-state index contributed by atoms with van der Waals surface area (Å²) in [5.74, 6) is 0.551. The number of halogens is 2. The maximum atomic E-state index is 12.1. The second-order valence-corrected chi connectivity index (χ2v) is 5.89. The molecule has 1 N–H and O–H groups in total. The number of carbonyl (C=O) groups excluding carboxylic acids is 1. The minimum atomic E-state index is -0.232. The second-order valence-electron chi connectivity index (χ2n) is 5.10. The average molecular weight is 370 g/mol. The van der Waals surface area contributed by atoms with E-state index < -0.39 is 0 Å². The summed E-state index contributed by atoms with van der Waals surface area (Å²) in [4.78, 5) is 20.1. The van der Waals surface area contributed by atoms with E-state index >= 15 is 0 Å². The summed E-state index contributed by atoms with van der Waals surface area (Å²) in [6.45, 7) is 2.27. The molecule has 2 heterocycles. The van der Waals surface area contributed by atoms with Gasteiger partial charge in [0.1, 0.15) is 27.8 Å². The Kier molecular flexibility index (Phi) is 6.78. The molecule has 0 aliphatic rings. The lowest BCUT2D eigenvalue weighted by Gasteiger charge is -2.15. The van der Waals surface area contributed by atoms with E-state index in [-0.39, 0.29) is 18.4 Å². The summed E-state index contributed by atoms with van der Waals surface area (Å²) in [6.07, 6.45) is 2.96. The molecule has 2 aromatic rings. The van der Waals surface area contributed by atoms with Crippen molar-refractivity contribution in [1.82, 2.24) is 9.97 Å². The lowest BCUT2D eigenvalue weighted by molar-refractivity contribution is -0.115. The molecule has 0 spiro atoms. The quantitative estimate of drug-likeness (QED) is 0.757. The third kappa shape index (κ3) is 5.63. The van der Waals surface area contributed by atoms with Crippen molar-refractivity contribution in [2.75, 3.05) is 19.0 Å². The van der Waals surface area contributed by atoms with Gasteiger partial charge in [-0.1, -0.05) is 29.3 Å². The van der Waals surface area contributed by atoms with Gasteiger partial charge in [-0.25, -0.2) is 9.97 Å². The van der Waals surface area contributed by atoms with E-state index in [1.165, 1.54) is 6.20 Å². The highest BCUT2D eigenvalue weighted by Gasteiger charge is 2.11. The highest BCUT2D eigenvalue weighted by molar-refractivity contribution is 6.32. The van der Waals surface area contributed by atoms with Gasteiger partial charge in [0.25, 0.3) is 0 Å². The molecule has 0 saturated heterocycles. The lowest BCUT2D eigenvalue weighted by atomic mass is 10.2. The number of anilines is 1. The van der Waals surface area contributed by atoms with Gasteiger partial charge < -0.3 is 14.8 Å². The molecule has 0 unspecified atom stereocenters. The predicted octanol–water partition coefficient (Wildman–Crippen LogP) is 3.38. The van der Waals surface area contributed by atoms with E-state index in [1.807, 2.05) is 6.92 Å². The zero-order valence-electron chi connectivity index (χ0n) is 13.3. The molecule has 0 aliphatic heterocycles. The molecule has 0 aromatic carbocycles. The van der Waals surface area contributed by atoms with Crippen LogP contribution in [0.4, 0.5) is 5.82 Å². The minimum Gasteiger partial charge on any atom is -0.487 e. The largest absolute Gasteiger partial charge is 0.487 e. The first-order chi connectivity index (χ1) is 11.5. The van der Waals surface area contributed by atoms with Gasteiger partial charge in [-0.3, -0.25) is 4.79 Å². The fourth-order valence-corrected chi connectivity index (χ4v) is 2.21. The molecule has 0 fully saturated rings. The fourth-order valence-electron chi connectivity index (χ4n) is 1.95. The number of hydrogen-bond donors (Lipinski definition) is 1. The number of nitrogens with zero attached hydrogens (tertiary/aromatic N) is 2. The molecule has 0 bridgehead atoms. The van der Waals surface area contributed by atoms with Crippen LogP contribution in [0.25, 0.3) is 0 Å². The Labute approximate surface area is 150 Å². The molecule has 24 heavy (non-hydrogen) atoms. The normalized spacial score (nSPS) is 11.8. The maximum Gasteiger partial charge on any atom is 0.230 e. The summed E-state index contributed by atoms with van der Waals surface area (Å²) in [7, 11) is 1.59. The van der Waals surface area contributed by atoms with Crippen molar-refractivity contribution in [3.05, 3.63) is 46.3 Å². The Morgan fingerprint density at radius 2 is 2.08 bits per heavy atom. The highest BCUT2D eigenvalue weighted by Crippen LogP contribution is 2.27. The van der Waals surface area contributed by atoms with E-state index in [9.17, 15) is 4.79 Å². The summed E-state index contributed by atoms with van der Waals surface area (Å²) in [5.41, 5.74) is 0.746. The molecule has 0 saturated carbocycles. The Morgan fingerprint density at radius 3 is 2.75 bits per heavy atom. The van der Waals surface area contributed by atoms with Gasteiger partial charge in [0.15, 0.2) is 0 Å². The lowest BCUT2D eigenvalue weighted by Crippen LogP contribution is -2.19. The first-order valence-electron chi connectivity index (χ1n) is 7.19. The molecule has 2 aromatic heterocycles. The van der Waals surface area contributed by atoms with Gasteiger partial charge in [-0.2, -0.15) is 0 Å². The maximum absolute atomic E-state index is 12.1. The van der Waals surface area contributed by atoms with Crippen LogP contribution in [0, 0.1) is 0 Å². The van der Waals surface area contributed by atoms with Crippen molar-refractivity contribution < 1.29 is 14.3 Å². The average Bonchev–Trinajstić information content (AvgIpc) is 2.53. The first kappa shape index (κ1) is 18.4. The van der Waals surface area contributed by atoms with Crippen LogP contribution in [0.3, 0.4) is 0 Å². The van der Waals surface area contributed by atoms with Crippen molar-refractivity contribution in [2.45, 2.75) is 19.4 Å². The number of nitrogens with one attached hydrogen (secondary N) is 1. The molecule has 0 aliphatic carbocycles. The van der Waals surface area contributed by atoms with Crippen molar-refractivity contribution in [3.8, 4) is 5.75 Å². The number of hydrogen-bond acceptors (Lipinski definition) is 5. The van der Waals surface area contributed by atoms with Crippen LogP contribution in [-0.2, 0) is 16.0 Å². The van der Waals surface area contributed by atoms with Gasteiger partial charge in [0.2, 0.25) is 5.91 Å². The van der Waals surface area contributed by atoms with Crippen LogP contribution in [0.1, 0.15) is 12.5 Å². The molecule has 2 rings (SSSR count). The van der Waals surface area contributed by atoms with Crippen molar-refractivity contribution in [1.29, 1.82) is 0 Å². The fraction of sp³-hybridized carbons (Fsp3) is 0.312. The number of aromatic nitrogens is 2. The molecular weight excluding hydrogens is 353 g/mol. The van der Waals surface area contributed by atoms with E-state index in [4.69, 9.17) is 32.7 Å². The molecule has 128 valence electrons. The SMILES string of the molecule is COC[C@@H](C)Oc1cc(NC(=O)Cc2ccc(Cl)nc2)ncc1Cl. The molecular formula is C16H17Cl2N3O3. The Balaban J connectivity index is 2.01. The van der Waals surface area contributed by atoms with E-state index in [2.05, 4.69) is 15.3 Å². The summed E-state index contributed by atoms with van der Waals surface area (Å²) >= 11 is 11.8. The topological polar surface area (TPSA) is 73.3 Å². The van der Waals surface area contributed by atoms with Crippen LogP contribution in [-0.4, -0.2) is 35.7 Å². The summed E-state index contributed by atoms with van der Waals surface area (Å²) in [5, 5.41) is 3.44. The van der Waals surface area contributed by atoms with Gasteiger partial charge in [-0.05, 0) is 18.6 Å². The number of pyridine rings is 2. The molecule has 8 heteroatoms. The number of ether oxygens (including phenoxy) is 2. The highest BCUT2D eigenvalue weighted by atomic mass is 35.5. The van der Waals surface area contributed by atoms with E-state index in [0.717, 1.165) is 5.56 Å². The van der Waals surface area contributed by atoms with Crippen LogP contribution in [0.2, 0.25) is 10.2 Å². The minimum absolute atomic E-state index is 0.157. The Hall–Kier alpha value is -1.89. The van der Waals surface area contributed by atoms with Gasteiger partial charge in [0.05, 0.1) is 19.2 Å². The standard InChI is InChI=1S/C16H17Cl2N3O3/c1-10(9-23-2)24-13-6-15(20-8-12(13)17)21-16(22)5-11-3-4-14(18)19-7-11/h3-4,6-8,10H,5,9H2,1-2H3,(H,20,21,22)/t10-/m1/s1. The van der Waals surface area contributed by atoms with Crippen LogP contribution in [0.15, 0.2) is 30.6 Å². The second kappa shape index (κ2) is 8.82. The predicted molar refractivity (Wildman–Crippen MR) is 92.8 cm³/mol. The smallest absolute Gasteiger partial charge is 0.230 e.